The molecule has 3 rings (SSSR count). The molecule has 2 nitrogen and oxygen atoms in total. The van der Waals surface area contributed by atoms with Crippen LogP contribution in [0.2, 0.25) is 0 Å². The lowest BCUT2D eigenvalue weighted by Crippen LogP contribution is -2.46. The average molecular weight is 286 g/mol. The average Bonchev–Trinajstić information content (AvgIpc) is 2.94. The van der Waals surface area contributed by atoms with Gasteiger partial charge in [0.1, 0.15) is 0 Å². The van der Waals surface area contributed by atoms with Crippen LogP contribution in [0, 0.1) is 5.92 Å². The number of fused-ring (bicyclic) bond motifs is 1. The van der Waals surface area contributed by atoms with Crippen molar-refractivity contribution in [2.75, 3.05) is 19.6 Å². The molecule has 0 bridgehead atoms. The van der Waals surface area contributed by atoms with Crippen molar-refractivity contribution in [2.24, 2.45) is 5.92 Å². The molecule has 1 aromatic rings. The van der Waals surface area contributed by atoms with Crippen LogP contribution in [0.4, 0.5) is 0 Å². The first-order valence-corrected chi connectivity index (χ1v) is 8.54. The molecule has 3 atom stereocenters. The number of nitrogens with zero attached hydrogens (tertiary/aromatic N) is 1. The number of hydrogen-bond donors (Lipinski definition) is 1. The molecule has 1 N–H and O–H groups in total. The summed E-state index contributed by atoms with van der Waals surface area (Å²) in [6.07, 6.45) is 2.76. The molecular formula is C19H30N2. The van der Waals surface area contributed by atoms with E-state index in [1.165, 1.54) is 43.6 Å². The second kappa shape index (κ2) is 5.73. The van der Waals surface area contributed by atoms with E-state index in [0.717, 1.165) is 12.0 Å². The Hall–Kier alpha value is -0.860. The summed E-state index contributed by atoms with van der Waals surface area (Å²) in [5, 5.41) is 3.59. The monoisotopic (exact) mass is 286 g/mol. The number of hydrogen-bond acceptors (Lipinski definition) is 2. The highest BCUT2D eigenvalue weighted by molar-refractivity contribution is 5.29. The third-order valence-electron chi connectivity index (χ3n) is 5.48. The predicted molar refractivity (Wildman–Crippen MR) is 89.6 cm³/mol. The smallest absolute Gasteiger partial charge is 0.0323 e. The Morgan fingerprint density at radius 2 is 1.86 bits per heavy atom. The molecule has 0 aliphatic carbocycles. The fourth-order valence-corrected chi connectivity index (χ4v) is 4.04. The highest BCUT2D eigenvalue weighted by Crippen LogP contribution is 2.34. The minimum absolute atomic E-state index is 0.243. The van der Waals surface area contributed by atoms with Gasteiger partial charge in [-0.2, -0.15) is 0 Å². The topological polar surface area (TPSA) is 15.3 Å². The highest BCUT2D eigenvalue weighted by Gasteiger charge is 2.37. The number of benzene rings is 1. The van der Waals surface area contributed by atoms with Crippen molar-refractivity contribution in [1.82, 2.24) is 10.2 Å². The first-order chi connectivity index (χ1) is 9.97. The Kier molecular flexibility index (Phi) is 4.11. The Bertz CT molecular complexity index is 471. The van der Waals surface area contributed by atoms with E-state index in [1.54, 1.807) is 0 Å². The molecule has 2 fully saturated rings. The number of nitrogens with one attached hydrogen (secondary N) is 1. The molecule has 0 radical (unpaired) electrons. The molecule has 2 aliphatic heterocycles. The molecule has 1 aromatic carbocycles. The Morgan fingerprint density at radius 1 is 1.14 bits per heavy atom. The fraction of sp³-hybridized carbons (Fsp3) is 0.684. The summed E-state index contributed by atoms with van der Waals surface area (Å²) in [7, 11) is 0. The Morgan fingerprint density at radius 3 is 2.52 bits per heavy atom. The third kappa shape index (κ3) is 3.02. The summed E-state index contributed by atoms with van der Waals surface area (Å²) >= 11 is 0. The minimum atomic E-state index is 0.243. The van der Waals surface area contributed by atoms with Crippen LogP contribution >= 0.6 is 0 Å². The fourth-order valence-electron chi connectivity index (χ4n) is 4.04. The number of likely N-dealkylation sites (tertiary alicyclic amines) is 1. The summed E-state index contributed by atoms with van der Waals surface area (Å²) in [6.45, 7) is 12.9. The predicted octanol–water partition coefficient (Wildman–Crippen LogP) is 3.73. The molecule has 0 aromatic heterocycles. The lowest BCUT2D eigenvalue weighted by atomic mass is 9.85. The van der Waals surface area contributed by atoms with Gasteiger partial charge >= 0.3 is 0 Å². The quantitative estimate of drug-likeness (QED) is 0.891. The summed E-state index contributed by atoms with van der Waals surface area (Å²) in [6, 6.07) is 10.6. The van der Waals surface area contributed by atoms with Crippen LogP contribution in [-0.2, 0) is 5.41 Å². The molecule has 0 saturated carbocycles. The van der Waals surface area contributed by atoms with E-state index in [9.17, 15) is 0 Å². The second-order valence-electron chi connectivity index (χ2n) is 7.91. The van der Waals surface area contributed by atoms with Crippen LogP contribution in [0.25, 0.3) is 0 Å². The standard InChI is InChI=1S/C19H30N2/c1-14(15-7-9-17(10-8-15)19(2,3)4)21-11-5-6-16-12-20-13-18(16)21/h7-10,14,16,18,20H,5-6,11-13H2,1-4H3. The van der Waals surface area contributed by atoms with Crippen LogP contribution < -0.4 is 5.32 Å². The van der Waals surface area contributed by atoms with E-state index in [4.69, 9.17) is 0 Å². The molecule has 21 heavy (non-hydrogen) atoms. The van der Waals surface area contributed by atoms with Crippen molar-refractivity contribution in [2.45, 2.75) is 58.0 Å². The van der Waals surface area contributed by atoms with Crippen LogP contribution in [0.15, 0.2) is 24.3 Å². The zero-order valence-electron chi connectivity index (χ0n) is 14.0. The van der Waals surface area contributed by atoms with Crippen molar-refractivity contribution in [3.8, 4) is 0 Å². The summed E-state index contributed by atoms with van der Waals surface area (Å²) in [5.41, 5.74) is 3.14. The number of piperidine rings is 1. The van der Waals surface area contributed by atoms with Gasteiger partial charge in [0.15, 0.2) is 0 Å². The van der Waals surface area contributed by atoms with Crippen molar-refractivity contribution in [1.29, 1.82) is 0 Å². The van der Waals surface area contributed by atoms with Crippen molar-refractivity contribution < 1.29 is 0 Å². The summed E-state index contributed by atoms with van der Waals surface area (Å²) in [5.74, 6) is 0.870. The van der Waals surface area contributed by atoms with E-state index >= 15 is 0 Å². The van der Waals surface area contributed by atoms with Crippen LogP contribution in [0.1, 0.15) is 57.7 Å². The largest absolute Gasteiger partial charge is 0.315 e. The van der Waals surface area contributed by atoms with Crippen molar-refractivity contribution in [3.63, 3.8) is 0 Å². The molecule has 2 aliphatic rings. The maximum Gasteiger partial charge on any atom is 0.0323 e. The van der Waals surface area contributed by atoms with E-state index in [2.05, 4.69) is 62.2 Å². The summed E-state index contributed by atoms with van der Waals surface area (Å²) in [4.78, 5) is 2.74. The van der Waals surface area contributed by atoms with Gasteiger partial charge in [-0.25, -0.2) is 0 Å². The van der Waals surface area contributed by atoms with E-state index in [1.807, 2.05) is 0 Å². The lowest BCUT2D eigenvalue weighted by Gasteiger charge is -2.41. The normalized spacial score (nSPS) is 28.4. The zero-order valence-corrected chi connectivity index (χ0v) is 14.0. The van der Waals surface area contributed by atoms with Crippen LogP contribution in [-0.4, -0.2) is 30.6 Å². The molecule has 0 spiro atoms. The second-order valence-corrected chi connectivity index (χ2v) is 7.91. The van der Waals surface area contributed by atoms with Gasteiger partial charge in [0.25, 0.3) is 0 Å². The molecule has 2 heterocycles. The maximum atomic E-state index is 3.59. The molecular weight excluding hydrogens is 256 g/mol. The molecule has 116 valence electrons. The van der Waals surface area contributed by atoms with Gasteiger partial charge in [0.2, 0.25) is 0 Å². The third-order valence-corrected chi connectivity index (χ3v) is 5.48. The van der Waals surface area contributed by atoms with Gasteiger partial charge < -0.3 is 5.32 Å². The van der Waals surface area contributed by atoms with E-state index < -0.39 is 0 Å². The first kappa shape index (κ1) is 15.1. The molecule has 2 saturated heterocycles. The molecule has 2 heteroatoms. The lowest BCUT2D eigenvalue weighted by molar-refractivity contribution is 0.0847. The van der Waals surface area contributed by atoms with Gasteiger partial charge in [-0.1, -0.05) is 45.0 Å². The van der Waals surface area contributed by atoms with Crippen molar-refractivity contribution in [3.05, 3.63) is 35.4 Å². The van der Waals surface area contributed by atoms with Gasteiger partial charge in [0.05, 0.1) is 0 Å². The van der Waals surface area contributed by atoms with Crippen molar-refractivity contribution >= 4 is 0 Å². The molecule has 3 unspecified atom stereocenters. The maximum absolute atomic E-state index is 3.59. The Balaban J connectivity index is 1.76. The van der Waals surface area contributed by atoms with Gasteiger partial charge in [-0.3, -0.25) is 4.90 Å². The van der Waals surface area contributed by atoms with Crippen LogP contribution in [0.5, 0.6) is 0 Å². The van der Waals surface area contributed by atoms with Gasteiger partial charge in [0, 0.05) is 18.6 Å². The highest BCUT2D eigenvalue weighted by atomic mass is 15.2. The van der Waals surface area contributed by atoms with E-state index in [0.29, 0.717) is 6.04 Å². The van der Waals surface area contributed by atoms with Crippen LogP contribution in [0.3, 0.4) is 0 Å². The van der Waals surface area contributed by atoms with E-state index in [-0.39, 0.29) is 5.41 Å². The SMILES string of the molecule is CC(c1ccc(C(C)(C)C)cc1)N1CCCC2CNCC21. The Labute approximate surface area is 129 Å². The van der Waals surface area contributed by atoms with Gasteiger partial charge in [-0.15, -0.1) is 0 Å². The minimum Gasteiger partial charge on any atom is -0.315 e. The molecule has 0 amide bonds. The summed E-state index contributed by atoms with van der Waals surface area (Å²) < 4.78 is 0. The van der Waals surface area contributed by atoms with Gasteiger partial charge in [-0.05, 0) is 55.3 Å². The zero-order chi connectivity index (χ0) is 15.0. The first-order valence-electron chi connectivity index (χ1n) is 8.54. The number of rotatable bonds is 2.